The molecule has 0 radical (unpaired) electrons. The number of benzene rings is 1. The smallest absolute Gasteiger partial charge is 0.341 e. The molecule has 1 N–H and O–H groups in total. The van der Waals surface area contributed by atoms with Crippen molar-refractivity contribution in [3.8, 4) is 5.75 Å². The third-order valence-electron chi connectivity index (χ3n) is 4.93. The molecule has 0 aliphatic rings. The van der Waals surface area contributed by atoms with Crippen molar-refractivity contribution in [1.29, 1.82) is 0 Å². The number of thiophene rings is 1. The summed E-state index contributed by atoms with van der Waals surface area (Å²) in [5.74, 6) is 0.586. The van der Waals surface area contributed by atoms with E-state index in [9.17, 15) is 9.59 Å². The van der Waals surface area contributed by atoms with Crippen LogP contribution in [0.1, 0.15) is 46.6 Å². The molecule has 0 spiro atoms. The zero-order valence-corrected chi connectivity index (χ0v) is 21.4. The maximum atomic E-state index is 12.6. The van der Waals surface area contributed by atoms with Crippen LogP contribution in [0, 0.1) is 13.8 Å². The SMILES string of the molecule is CCn1c(SCC(=O)Nc2sc(C)c(C)c2C(=O)OC)nnc1C(C)Oc1ccccc1Cl. The Morgan fingerprint density at radius 3 is 2.67 bits per heavy atom. The van der Waals surface area contributed by atoms with Crippen LogP contribution in [-0.4, -0.2) is 39.5 Å². The van der Waals surface area contributed by atoms with E-state index >= 15 is 0 Å². The number of rotatable bonds is 9. The minimum atomic E-state index is -0.470. The molecule has 0 saturated heterocycles. The van der Waals surface area contributed by atoms with Crippen molar-refractivity contribution >= 4 is 51.6 Å². The molecule has 33 heavy (non-hydrogen) atoms. The van der Waals surface area contributed by atoms with Crippen LogP contribution in [0.3, 0.4) is 0 Å². The average molecular weight is 509 g/mol. The molecule has 0 bridgehead atoms. The first kappa shape index (κ1) is 25.1. The van der Waals surface area contributed by atoms with Gasteiger partial charge in [0.25, 0.3) is 0 Å². The van der Waals surface area contributed by atoms with Gasteiger partial charge in [-0.05, 0) is 45.4 Å². The second-order valence-corrected chi connectivity index (χ2v) is 9.67. The maximum absolute atomic E-state index is 12.6. The van der Waals surface area contributed by atoms with Crippen molar-refractivity contribution in [3.63, 3.8) is 0 Å². The van der Waals surface area contributed by atoms with Crippen LogP contribution in [0.15, 0.2) is 29.4 Å². The van der Waals surface area contributed by atoms with E-state index in [-0.39, 0.29) is 17.8 Å². The van der Waals surface area contributed by atoms with Gasteiger partial charge in [0.1, 0.15) is 10.8 Å². The van der Waals surface area contributed by atoms with E-state index in [1.54, 1.807) is 12.1 Å². The highest BCUT2D eigenvalue weighted by Gasteiger charge is 2.23. The predicted molar refractivity (Wildman–Crippen MR) is 131 cm³/mol. The van der Waals surface area contributed by atoms with Gasteiger partial charge in [0, 0.05) is 11.4 Å². The number of thioether (sulfide) groups is 1. The summed E-state index contributed by atoms with van der Waals surface area (Å²) in [5.41, 5.74) is 1.19. The summed E-state index contributed by atoms with van der Waals surface area (Å²) in [6, 6.07) is 7.24. The Balaban J connectivity index is 1.68. The molecule has 0 aliphatic carbocycles. The number of nitrogens with one attached hydrogen (secondary N) is 1. The normalized spacial score (nSPS) is 11.8. The summed E-state index contributed by atoms with van der Waals surface area (Å²) < 4.78 is 12.7. The number of methoxy groups -OCH3 is 1. The van der Waals surface area contributed by atoms with Gasteiger partial charge in [-0.25, -0.2) is 4.79 Å². The van der Waals surface area contributed by atoms with Gasteiger partial charge in [-0.1, -0.05) is 35.5 Å². The van der Waals surface area contributed by atoms with Gasteiger partial charge in [-0.2, -0.15) is 0 Å². The molecule has 11 heteroatoms. The Bertz CT molecular complexity index is 1160. The van der Waals surface area contributed by atoms with Crippen molar-refractivity contribution in [2.24, 2.45) is 0 Å². The topological polar surface area (TPSA) is 95.3 Å². The van der Waals surface area contributed by atoms with E-state index in [2.05, 4.69) is 15.5 Å². The van der Waals surface area contributed by atoms with Crippen LogP contribution >= 0.6 is 34.7 Å². The molecule has 1 unspecified atom stereocenters. The Morgan fingerprint density at radius 2 is 2.00 bits per heavy atom. The monoisotopic (exact) mass is 508 g/mol. The highest BCUT2D eigenvalue weighted by atomic mass is 35.5. The molecule has 2 aromatic heterocycles. The number of carbonyl (C=O) groups is 2. The summed E-state index contributed by atoms with van der Waals surface area (Å²) in [5, 5.41) is 12.9. The standard InChI is InChI=1S/C22H25ClN4O4S2/c1-6-27-19(13(3)31-16-10-8-7-9-15(16)23)25-26-22(27)32-11-17(28)24-20-18(21(29)30-5)12(2)14(4)33-20/h7-10,13H,6,11H2,1-5H3,(H,24,28). The van der Waals surface area contributed by atoms with E-state index in [0.717, 1.165) is 10.4 Å². The first-order valence-corrected chi connectivity index (χ1v) is 12.4. The number of aromatic nitrogens is 3. The fourth-order valence-corrected chi connectivity index (χ4v) is 5.20. The number of esters is 1. The average Bonchev–Trinajstić information content (AvgIpc) is 3.33. The molecule has 176 valence electrons. The summed E-state index contributed by atoms with van der Waals surface area (Å²) in [6.07, 6.45) is -0.389. The quantitative estimate of drug-likeness (QED) is 0.310. The molecule has 1 amide bonds. The molecule has 0 saturated carbocycles. The van der Waals surface area contributed by atoms with Crippen LogP contribution < -0.4 is 10.1 Å². The number of hydrogen-bond acceptors (Lipinski definition) is 8. The van der Waals surface area contributed by atoms with Crippen LogP contribution in [-0.2, 0) is 16.1 Å². The van der Waals surface area contributed by atoms with Crippen LogP contribution in [0.5, 0.6) is 5.75 Å². The lowest BCUT2D eigenvalue weighted by Crippen LogP contribution is -2.17. The molecule has 1 atom stereocenters. The number of amides is 1. The lowest BCUT2D eigenvalue weighted by atomic mass is 10.1. The highest BCUT2D eigenvalue weighted by Crippen LogP contribution is 2.33. The number of para-hydroxylation sites is 1. The van der Waals surface area contributed by atoms with Gasteiger partial charge in [-0.15, -0.1) is 21.5 Å². The van der Waals surface area contributed by atoms with Crippen molar-refractivity contribution < 1.29 is 19.1 Å². The Labute approximate surface area is 205 Å². The summed E-state index contributed by atoms with van der Waals surface area (Å²) in [7, 11) is 1.32. The Kier molecular flexibility index (Phi) is 8.39. The third kappa shape index (κ3) is 5.69. The lowest BCUT2D eigenvalue weighted by molar-refractivity contribution is -0.113. The molecule has 1 aromatic carbocycles. The second-order valence-electron chi connectivity index (χ2n) is 7.09. The van der Waals surface area contributed by atoms with Gasteiger partial charge >= 0.3 is 5.97 Å². The van der Waals surface area contributed by atoms with Crippen molar-refractivity contribution in [2.75, 3.05) is 18.2 Å². The molecular weight excluding hydrogens is 484 g/mol. The largest absolute Gasteiger partial charge is 0.481 e. The third-order valence-corrected chi connectivity index (χ3v) is 7.33. The maximum Gasteiger partial charge on any atom is 0.341 e. The number of anilines is 1. The molecule has 2 heterocycles. The first-order valence-electron chi connectivity index (χ1n) is 10.2. The molecule has 3 aromatic rings. The van der Waals surface area contributed by atoms with Gasteiger partial charge in [0.15, 0.2) is 17.1 Å². The highest BCUT2D eigenvalue weighted by molar-refractivity contribution is 7.99. The van der Waals surface area contributed by atoms with Gasteiger partial charge < -0.3 is 19.4 Å². The van der Waals surface area contributed by atoms with Crippen LogP contribution in [0.4, 0.5) is 5.00 Å². The molecule has 0 aliphatic heterocycles. The minimum Gasteiger partial charge on any atom is -0.481 e. The molecule has 3 rings (SSSR count). The van der Waals surface area contributed by atoms with Crippen LogP contribution in [0.2, 0.25) is 5.02 Å². The van der Waals surface area contributed by atoms with E-state index in [1.165, 1.54) is 30.2 Å². The summed E-state index contributed by atoms with van der Waals surface area (Å²) in [4.78, 5) is 25.7. The van der Waals surface area contributed by atoms with Crippen molar-refractivity contribution in [1.82, 2.24) is 14.8 Å². The number of hydrogen-bond donors (Lipinski definition) is 1. The number of aryl methyl sites for hydroxylation is 1. The zero-order chi connectivity index (χ0) is 24.1. The zero-order valence-electron chi connectivity index (χ0n) is 19.0. The van der Waals surface area contributed by atoms with Gasteiger partial charge in [-0.3, -0.25) is 4.79 Å². The fourth-order valence-electron chi connectivity index (χ4n) is 3.14. The van der Waals surface area contributed by atoms with Crippen LogP contribution in [0.25, 0.3) is 0 Å². The number of halogens is 1. The number of ether oxygens (including phenoxy) is 2. The number of carbonyl (C=O) groups excluding carboxylic acids is 2. The molecular formula is C22H25ClN4O4S2. The fraction of sp³-hybridized carbons (Fsp3) is 0.364. The summed E-state index contributed by atoms with van der Waals surface area (Å²) >= 11 is 8.80. The predicted octanol–water partition coefficient (Wildman–Crippen LogP) is 5.29. The Morgan fingerprint density at radius 1 is 1.27 bits per heavy atom. The lowest BCUT2D eigenvalue weighted by Gasteiger charge is -2.16. The van der Waals surface area contributed by atoms with Crippen molar-refractivity contribution in [2.45, 2.75) is 45.5 Å². The van der Waals surface area contributed by atoms with E-state index in [0.29, 0.717) is 38.9 Å². The number of nitrogens with zero attached hydrogens (tertiary/aromatic N) is 3. The first-order chi connectivity index (χ1) is 15.8. The van der Waals surface area contributed by atoms with E-state index in [4.69, 9.17) is 21.1 Å². The Hall–Kier alpha value is -2.56. The summed E-state index contributed by atoms with van der Waals surface area (Å²) in [6.45, 7) is 8.18. The van der Waals surface area contributed by atoms with Gasteiger partial charge in [0.05, 0.1) is 23.4 Å². The van der Waals surface area contributed by atoms with Crippen molar-refractivity contribution in [3.05, 3.63) is 51.1 Å². The van der Waals surface area contributed by atoms with E-state index < -0.39 is 5.97 Å². The minimum absolute atomic E-state index is 0.106. The molecule has 8 nitrogen and oxygen atoms in total. The van der Waals surface area contributed by atoms with Gasteiger partial charge in [0.2, 0.25) is 5.91 Å². The van der Waals surface area contributed by atoms with E-state index in [1.807, 2.05) is 44.4 Å². The molecule has 0 fully saturated rings. The second kappa shape index (κ2) is 11.0.